The predicted octanol–water partition coefficient (Wildman–Crippen LogP) is 7.03. The zero-order chi connectivity index (χ0) is 18.5. The summed E-state index contributed by atoms with van der Waals surface area (Å²) in [6, 6.07) is 13.2. The van der Waals surface area contributed by atoms with E-state index in [0.717, 1.165) is 22.8 Å². The summed E-state index contributed by atoms with van der Waals surface area (Å²) in [5.41, 5.74) is 7.56. The lowest BCUT2D eigenvalue weighted by atomic mass is 9.91. The number of hydrogen-bond donors (Lipinski definition) is 0. The van der Waals surface area contributed by atoms with E-state index in [9.17, 15) is 0 Å². The van der Waals surface area contributed by atoms with Crippen LogP contribution >= 0.6 is 11.3 Å². The van der Waals surface area contributed by atoms with Crippen LogP contribution in [-0.2, 0) is 12.8 Å². The molecule has 0 amide bonds. The summed E-state index contributed by atoms with van der Waals surface area (Å²) in [4.78, 5) is 7.80. The minimum Gasteiger partial charge on any atom is -0.466 e. The smallest absolute Gasteiger partial charge is 0.125 e. The Morgan fingerprint density at radius 2 is 1.81 bits per heavy atom. The highest BCUT2D eigenvalue weighted by molar-refractivity contribution is 7.19. The van der Waals surface area contributed by atoms with Gasteiger partial charge in [-0.25, -0.2) is 4.98 Å². The van der Waals surface area contributed by atoms with Crippen LogP contribution in [0.3, 0.4) is 0 Å². The molecule has 1 aromatic carbocycles. The van der Waals surface area contributed by atoms with Gasteiger partial charge < -0.3 is 4.42 Å². The molecule has 136 valence electrons. The molecule has 0 N–H and O–H groups in total. The van der Waals surface area contributed by atoms with Gasteiger partial charge in [0.1, 0.15) is 16.4 Å². The van der Waals surface area contributed by atoms with Crippen LogP contribution in [0.5, 0.6) is 0 Å². The third-order valence-electron chi connectivity index (χ3n) is 5.57. The molecule has 0 spiro atoms. The van der Waals surface area contributed by atoms with Gasteiger partial charge in [-0.2, -0.15) is 0 Å². The van der Waals surface area contributed by atoms with E-state index in [-0.39, 0.29) is 0 Å². The van der Waals surface area contributed by atoms with Crippen LogP contribution in [0.25, 0.3) is 32.6 Å². The van der Waals surface area contributed by atoms with Crippen molar-refractivity contribution in [3.8, 4) is 22.4 Å². The van der Waals surface area contributed by atoms with E-state index in [1.54, 1.807) is 0 Å². The lowest BCUT2D eigenvalue weighted by Gasteiger charge is -2.13. The maximum absolute atomic E-state index is 5.79. The normalized spacial score (nSPS) is 13.9. The number of aryl methyl sites for hydroxylation is 5. The number of aromatic nitrogens is 1. The predicted molar refractivity (Wildman–Crippen MR) is 114 cm³/mol. The lowest BCUT2D eigenvalue weighted by molar-refractivity contribution is 0.505. The minimum atomic E-state index is 0.937. The summed E-state index contributed by atoms with van der Waals surface area (Å²) in [5, 5.41) is 1.38. The van der Waals surface area contributed by atoms with Crippen LogP contribution in [0.2, 0.25) is 0 Å². The lowest BCUT2D eigenvalue weighted by Crippen LogP contribution is -1.99. The quantitative estimate of drug-likeness (QED) is 0.377. The Hall–Kier alpha value is -2.39. The highest BCUT2D eigenvalue weighted by Gasteiger charge is 2.22. The van der Waals surface area contributed by atoms with Crippen molar-refractivity contribution in [2.45, 2.75) is 46.5 Å². The first-order valence-corrected chi connectivity index (χ1v) is 10.5. The molecule has 1 aliphatic rings. The van der Waals surface area contributed by atoms with Crippen molar-refractivity contribution < 1.29 is 4.42 Å². The zero-order valence-corrected chi connectivity index (χ0v) is 16.9. The molecule has 0 aliphatic heterocycles. The molecule has 3 heteroatoms. The zero-order valence-electron chi connectivity index (χ0n) is 16.1. The molecule has 3 heterocycles. The topological polar surface area (TPSA) is 26.0 Å². The molecule has 0 radical (unpaired) electrons. The number of nitrogens with zero attached hydrogens (tertiary/aromatic N) is 1. The second kappa shape index (κ2) is 6.35. The summed E-state index contributed by atoms with van der Waals surface area (Å²) < 4.78 is 5.79. The largest absolute Gasteiger partial charge is 0.466 e. The van der Waals surface area contributed by atoms with Gasteiger partial charge in [0.2, 0.25) is 0 Å². The van der Waals surface area contributed by atoms with Gasteiger partial charge in [0, 0.05) is 15.8 Å². The molecule has 0 atom stereocenters. The van der Waals surface area contributed by atoms with Gasteiger partial charge in [0.05, 0.1) is 5.69 Å². The third-order valence-corrected chi connectivity index (χ3v) is 6.76. The molecule has 2 nitrogen and oxygen atoms in total. The van der Waals surface area contributed by atoms with E-state index in [1.807, 2.05) is 25.2 Å². The van der Waals surface area contributed by atoms with Gasteiger partial charge >= 0.3 is 0 Å². The molecule has 0 bridgehead atoms. The Morgan fingerprint density at radius 1 is 0.963 bits per heavy atom. The van der Waals surface area contributed by atoms with Crippen LogP contribution in [0.1, 0.15) is 40.4 Å². The SMILES string of the molecule is Cc1cccc(-c2cc(-c3cc(C)oc3C)nc3sc4c(c23)CCCC4)c1. The number of hydrogen-bond acceptors (Lipinski definition) is 3. The molecule has 4 aromatic rings. The minimum absolute atomic E-state index is 0.937. The molecular weight excluding hydrogens is 350 g/mol. The molecule has 0 unspecified atom stereocenters. The highest BCUT2D eigenvalue weighted by atomic mass is 32.1. The Labute approximate surface area is 163 Å². The highest BCUT2D eigenvalue weighted by Crippen LogP contribution is 2.43. The van der Waals surface area contributed by atoms with E-state index < -0.39 is 0 Å². The van der Waals surface area contributed by atoms with Gasteiger partial charge in [-0.3, -0.25) is 0 Å². The number of pyridine rings is 1. The number of furan rings is 1. The maximum atomic E-state index is 5.79. The summed E-state index contributed by atoms with van der Waals surface area (Å²) in [5.74, 6) is 1.88. The maximum Gasteiger partial charge on any atom is 0.125 e. The van der Waals surface area contributed by atoms with Crippen LogP contribution in [0.15, 0.2) is 40.8 Å². The van der Waals surface area contributed by atoms with E-state index in [4.69, 9.17) is 9.40 Å². The van der Waals surface area contributed by atoms with Gasteiger partial charge in [-0.15, -0.1) is 11.3 Å². The van der Waals surface area contributed by atoms with Crippen molar-refractivity contribution >= 4 is 21.6 Å². The fourth-order valence-electron chi connectivity index (χ4n) is 4.32. The molecule has 0 fully saturated rings. The van der Waals surface area contributed by atoms with E-state index in [2.05, 4.69) is 43.3 Å². The van der Waals surface area contributed by atoms with Crippen LogP contribution in [-0.4, -0.2) is 4.98 Å². The third kappa shape index (κ3) is 2.81. The first-order valence-electron chi connectivity index (χ1n) is 9.70. The summed E-state index contributed by atoms with van der Waals surface area (Å²) in [6.45, 7) is 6.19. The first-order chi connectivity index (χ1) is 13.1. The molecule has 1 aliphatic carbocycles. The monoisotopic (exact) mass is 373 g/mol. The number of rotatable bonds is 2. The van der Waals surface area contributed by atoms with Crippen molar-refractivity contribution in [1.29, 1.82) is 0 Å². The first kappa shape index (κ1) is 16.8. The van der Waals surface area contributed by atoms with Gasteiger partial charge in [0.25, 0.3) is 0 Å². The van der Waals surface area contributed by atoms with Crippen LogP contribution in [0.4, 0.5) is 0 Å². The average Bonchev–Trinajstić information content (AvgIpc) is 3.20. The molecule has 5 rings (SSSR count). The fraction of sp³-hybridized carbons (Fsp3) is 0.292. The second-order valence-electron chi connectivity index (χ2n) is 7.64. The molecule has 27 heavy (non-hydrogen) atoms. The van der Waals surface area contributed by atoms with E-state index >= 15 is 0 Å². The fourth-order valence-corrected chi connectivity index (χ4v) is 5.61. The Kier molecular flexibility index (Phi) is 3.94. The summed E-state index contributed by atoms with van der Waals surface area (Å²) in [6.07, 6.45) is 4.96. The average molecular weight is 374 g/mol. The molecule has 0 saturated carbocycles. The number of thiophene rings is 1. The molecular formula is C24H23NOS. The second-order valence-corrected chi connectivity index (χ2v) is 8.73. The van der Waals surface area contributed by atoms with Crippen LogP contribution < -0.4 is 0 Å². The van der Waals surface area contributed by atoms with E-state index in [0.29, 0.717) is 0 Å². The van der Waals surface area contributed by atoms with Crippen molar-refractivity contribution in [1.82, 2.24) is 4.98 Å². The Morgan fingerprint density at radius 3 is 2.59 bits per heavy atom. The summed E-state index contributed by atoms with van der Waals surface area (Å²) >= 11 is 1.89. The van der Waals surface area contributed by atoms with Crippen LogP contribution in [0, 0.1) is 20.8 Å². The number of fused-ring (bicyclic) bond motifs is 3. The van der Waals surface area contributed by atoms with Gasteiger partial charge in [-0.1, -0.05) is 29.8 Å². The van der Waals surface area contributed by atoms with Gasteiger partial charge in [-0.05, 0) is 75.3 Å². The summed E-state index contributed by atoms with van der Waals surface area (Å²) in [7, 11) is 0. The van der Waals surface area contributed by atoms with Crippen molar-refractivity contribution in [2.75, 3.05) is 0 Å². The Balaban J connectivity index is 1.84. The molecule has 0 saturated heterocycles. The van der Waals surface area contributed by atoms with Crippen molar-refractivity contribution in [3.05, 3.63) is 63.9 Å². The Bertz CT molecular complexity index is 1160. The number of benzene rings is 1. The van der Waals surface area contributed by atoms with Crippen molar-refractivity contribution in [2.24, 2.45) is 0 Å². The van der Waals surface area contributed by atoms with Gasteiger partial charge in [0.15, 0.2) is 0 Å². The van der Waals surface area contributed by atoms with Crippen molar-refractivity contribution in [3.63, 3.8) is 0 Å². The standard InChI is InChI=1S/C24H23NOS/c1-14-7-6-8-17(11-14)20-13-21(19-12-15(2)26-16(19)3)25-24-23(20)18-9-4-5-10-22(18)27-24/h6-8,11-13H,4-5,9-10H2,1-3H3. The molecule has 3 aromatic heterocycles. The van der Waals surface area contributed by atoms with E-state index in [1.165, 1.54) is 63.0 Å².